The first kappa shape index (κ1) is 14.4. The zero-order valence-corrected chi connectivity index (χ0v) is 11.6. The molecule has 0 bridgehead atoms. The van der Waals surface area contributed by atoms with Gasteiger partial charge in [0.2, 0.25) is 5.67 Å². The molecule has 0 aliphatic heterocycles. The molecule has 3 nitrogen and oxygen atoms in total. The van der Waals surface area contributed by atoms with Gasteiger partial charge in [-0.1, -0.05) is 31.2 Å². The molecule has 0 saturated heterocycles. The summed E-state index contributed by atoms with van der Waals surface area (Å²) in [5, 5.41) is 0. The maximum Gasteiger partial charge on any atom is 0.338 e. The quantitative estimate of drug-likeness (QED) is 0.776. The SMILES string of the molecule is CCCC(=O)C1(F)C(C(=O)OCC)=Cc2ccccc21. The molecule has 20 heavy (non-hydrogen) atoms. The maximum absolute atomic E-state index is 15.4. The van der Waals surface area contributed by atoms with Crippen molar-refractivity contribution in [1.82, 2.24) is 0 Å². The summed E-state index contributed by atoms with van der Waals surface area (Å²) in [4.78, 5) is 24.2. The fourth-order valence-corrected chi connectivity index (χ4v) is 2.44. The number of ketones is 1. The zero-order chi connectivity index (χ0) is 14.8. The average molecular weight is 276 g/mol. The number of Topliss-reactive ketones (excluding diaryl/α,β-unsaturated/α-hetero) is 1. The van der Waals surface area contributed by atoms with E-state index in [-0.39, 0.29) is 24.2 Å². The number of carbonyl (C=O) groups is 2. The Morgan fingerprint density at radius 3 is 2.60 bits per heavy atom. The summed E-state index contributed by atoms with van der Waals surface area (Å²) in [5.74, 6) is -1.36. The van der Waals surface area contributed by atoms with Gasteiger partial charge in [-0.05, 0) is 25.0 Å². The summed E-state index contributed by atoms with van der Waals surface area (Å²) in [6.45, 7) is 3.59. The van der Waals surface area contributed by atoms with Crippen LogP contribution in [-0.4, -0.2) is 18.4 Å². The van der Waals surface area contributed by atoms with Gasteiger partial charge in [0.15, 0.2) is 5.78 Å². The topological polar surface area (TPSA) is 43.4 Å². The smallest absolute Gasteiger partial charge is 0.338 e. The van der Waals surface area contributed by atoms with E-state index in [0.29, 0.717) is 12.0 Å². The summed E-state index contributed by atoms with van der Waals surface area (Å²) in [6, 6.07) is 6.64. The van der Waals surface area contributed by atoms with Gasteiger partial charge in [0.05, 0.1) is 12.2 Å². The second-order valence-electron chi connectivity index (χ2n) is 4.70. The minimum atomic E-state index is -2.38. The van der Waals surface area contributed by atoms with Crippen LogP contribution >= 0.6 is 0 Å². The largest absolute Gasteiger partial charge is 0.463 e. The predicted molar refractivity (Wildman–Crippen MR) is 73.8 cm³/mol. The van der Waals surface area contributed by atoms with Gasteiger partial charge >= 0.3 is 5.97 Å². The molecule has 1 unspecified atom stereocenters. The number of hydrogen-bond acceptors (Lipinski definition) is 3. The van der Waals surface area contributed by atoms with Gasteiger partial charge < -0.3 is 4.74 Å². The number of carbonyl (C=O) groups excluding carboxylic acids is 2. The Hall–Kier alpha value is -1.97. The van der Waals surface area contributed by atoms with Crippen LogP contribution in [0.5, 0.6) is 0 Å². The highest BCUT2D eigenvalue weighted by molar-refractivity contribution is 6.09. The van der Waals surface area contributed by atoms with Gasteiger partial charge in [-0.2, -0.15) is 0 Å². The van der Waals surface area contributed by atoms with Gasteiger partial charge in [0.1, 0.15) is 0 Å². The average Bonchev–Trinajstić information content (AvgIpc) is 2.75. The van der Waals surface area contributed by atoms with Gasteiger partial charge in [0, 0.05) is 12.0 Å². The Bertz CT molecular complexity index is 577. The number of ether oxygens (including phenoxy) is 1. The normalized spacial score (nSPS) is 20.2. The van der Waals surface area contributed by atoms with E-state index in [9.17, 15) is 9.59 Å². The minimum Gasteiger partial charge on any atom is -0.463 e. The van der Waals surface area contributed by atoms with Crippen LogP contribution in [0.3, 0.4) is 0 Å². The lowest BCUT2D eigenvalue weighted by Gasteiger charge is -2.22. The van der Waals surface area contributed by atoms with Crippen molar-refractivity contribution in [2.75, 3.05) is 6.61 Å². The van der Waals surface area contributed by atoms with Crippen molar-refractivity contribution in [2.24, 2.45) is 0 Å². The minimum absolute atomic E-state index is 0.0849. The van der Waals surface area contributed by atoms with Crippen molar-refractivity contribution in [1.29, 1.82) is 0 Å². The van der Waals surface area contributed by atoms with Crippen LogP contribution in [0.1, 0.15) is 37.8 Å². The molecular weight excluding hydrogens is 259 g/mol. The Morgan fingerprint density at radius 2 is 1.95 bits per heavy atom. The lowest BCUT2D eigenvalue weighted by Crippen LogP contribution is -2.35. The van der Waals surface area contributed by atoms with E-state index in [2.05, 4.69) is 0 Å². The first-order chi connectivity index (χ1) is 9.55. The zero-order valence-electron chi connectivity index (χ0n) is 11.6. The second-order valence-corrected chi connectivity index (χ2v) is 4.70. The fraction of sp³-hybridized carbons (Fsp3) is 0.375. The number of hydrogen-bond donors (Lipinski definition) is 0. The number of rotatable bonds is 5. The summed E-state index contributed by atoms with van der Waals surface area (Å²) >= 11 is 0. The summed E-state index contributed by atoms with van der Waals surface area (Å²) in [7, 11) is 0. The van der Waals surface area contributed by atoms with Crippen molar-refractivity contribution < 1.29 is 18.7 Å². The summed E-state index contributed by atoms with van der Waals surface area (Å²) in [5.41, 5.74) is -1.79. The Morgan fingerprint density at radius 1 is 1.25 bits per heavy atom. The predicted octanol–water partition coefficient (Wildman–Crippen LogP) is 3.18. The molecular formula is C16H17FO3. The van der Waals surface area contributed by atoms with Crippen LogP contribution in [-0.2, 0) is 20.0 Å². The number of fused-ring (bicyclic) bond motifs is 1. The van der Waals surface area contributed by atoms with Gasteiger partial charge in [-0.25, -0.2) is 9.18 Å². The van der Waals surface area contributed by atoms with Crippen LogP contribution in [0, 0.1) is 0 Å². The third-order valence-electron chi connectivity index (χ3n) is 3.36. The van der Waals surface area contributed by atoms with E-state index >= 15 is 4.39 Å². The van der Waals surface area contributed by atoms with Gasteiger partial charge in [-0.3, -0.25) is 4.79 Å². The molecule has 1 aliphatic rings. The van der Waals surface area contributed by atoms with E-state index in [1.165, 1.54) is 6.08 Å². The van der Waals surface area contributed by atoms with Crippen molar-refractivity contribution in [3.63, 3.8) is 0 Å². The molecule has 0 heterocycles. The molecule has 1 aliphatic carbocycles. The molecule has 1 aromatic carbocycles. The first-order valence-corrected chi connectivity index (χ1v) is 6.76. The molecule has 2 rings (SSSR count). The molecule has 0 fully saturated rings. The fourth-order valence-electron chi connectivity index (χ4n) is 2.44. The van der Waals surface area contributed by atoms with E-state index in [1.54, 1.807) is 38.1 Å². The molecule has 0 N–H and O–H groups in total. The molecule has 0 amide bonds. The second kappa shape index (κ2) is 5.57. The number of alkyl halides is 1. The molecule has 0 spiro atoms. The Balaban J connectivity index is 2.51. The third-order valence-corrected chi connectivity index (χ3v) is 3.36. The molecule has 0 radical (unpaired) electrons. The van der Waals surface area contributed by atoms with Crippen LogP contribution in [0.2, 0.25) is 0 Å². The number of esters is 1. The highest BCUT2D eigenvalue weighted by Gasteiger charge is 2.51. The van der Waals surface area contributed by atoms with Gasteiger partial charge in [-0.15, -0.1) is 0 Å². The molecule has 1 atom stereocenters. The van der Waals surface area contributed by atoms with E-state index in [4.69, 9.17) is 4.74 Å². The molecule has 0 saturated carbocycles. The van der Waals surface area contributed by atoms with Crippen molar-refractivity contribution in [2.45, 2.75) is 32.4 Å². The van der Waals surface area contributed by atoms with Crippen molar-refractivity contribution in [3.8, 4) is 0 Å². The standard InChI is InChI=1S/C16H17FO3/c1-3-7-14(18)16(17)12-9-6-5-8-11(12)10-13(16)15(19)20-4-2/h5-6,8-10H,3-4,7H2,1-2H3. The summed E-state index contributed by atoms with van der Waals surface area (Å²) in [6.07, 6.45) is 2.03. The number of halogens is 1. The third kappa shape index (κ3) is 2.15. The van der Waals surface area contributed by atoms with E-state index in [0.717, 1.165) is 0 Å². The Kier molecular flexibility index (Phi) is 4.02. The molecule has 4 heteroatoms. The molecule has 0 aromatic heterocycles. The monoisotopic (exact) mass is 276 g/mol. The van der Waals surface area contributed by atoms with E-state index in [1.807, 2.05) is 0 Å². The Labute approximate surface area is 117 Å². The first-order valence-electron chi connectivity index (χ1n) is 6.76. The lowest BCUT2D eigenvalue weighted by molar-refractivity contribution is -0.143. The van der Waals surface area contributed by atoms with E-state index < -0.39 is 17.4 Å². The van der Waals surface area contributed by atoms with Crippen LogP contribution < -0.4 is 0 Å². The molecule has 106 valence electrons. The lowest BCUT2D eigenvalue weighted by atomic mass is 9.86. The van der Waals surface area contributed by atoms with Crippen LogP contribution in [0.25, 0.3) is 6.08 Å². The maximum atomic E-state index is 15.4. The number of benzene rings is 1. The van der Waals surface area contributed by atoms with Crippen molar-refractivity contribution >= 4 is 17.8 Å². The summed E-state index contributed by atoms with van der Waals surface area (Å²) < 4.78 is 20.3. The highest BCUT2D eigenvalue weighted by atomic mass is 19.1. The van der Waals surface area contributed by atoms with Crippen LogP contribution in [0.15, 0.2) is 29.8 Å². The molecule has 1 aromatic rings. The van der Waals surface area contributed by atoms with Gasteiger partial charge in [0.25, 0.3) is 0 Å². The van der Waals surface area contributed by atoms with Crippen molar-refractivity contribution in [3.05, 3.63) is 41.0 Å². The van der Waals surface area contributed by atoms with Crippen LogP contribution in [0.4, 0.5) is 4.39 Å². The highest BCUT2D eigenvalue weighted by Crippen LogP contribution is 2.45.